The van der Waals surface area contributed by atoms with Gasteiger partial charge in [-0.1, -0.05) is 0 Å². The smallest absolute Gasteiger partial charge is 0.318 e. The zero-order valence-corrected chi connectivity index (χ0v) is 9.45. The van der Waals surface area contributed by atoms with Gasteiger partial charge < -0.3 is 10.5 Å². The van der Waals surface area contributed by atoms with Gasteiger partial charge in [-0.25, -0.2) is 4.79 Å². The van der Waals surface area contributed by atoms with Crippen molar-refractivity contribution < 1.29 is 19.2 Å². The summed E-state index contributed by atoms with van der Waals surface area (Å²) in [5, 5.41) is 12.3. The minimum Gasteiger partial charge on any atom is -0.481 e. The molecule has 0 aliphatic rings. The number of imide groups is 1. The second-order valence-electron chi connectivity index (χ2n) is 3.36. The van der Waals surface area contributed by atoms with Crippen molar-refractivity contribution in [2.24, 2.45) is 5.73 Å². The molecule has 1 rings (SSSR count). The molecule has 18 heavy (non-hydrogen) atoms. The van der Waals surface area contributed by atoms with Gasteiger partial charge in [0.2, 0.25) is 0 Å². The lowest BCUT2D eigenvalue weighted by molar-refractivity contribution is -0.384. The first-order chi connectivity index (χ1) is 8.40. The van der Waals surface area contributed by atoms with Crippen LogP contribution in [0.2, 0.25) is 0 Å². The van der Waals surface area contributed by atoms with Crippen molar-refractivity contribution in [2.45, 2.75) is 13.0 Å². The van der Waals surface area contributed by atoms with Crippen molar-refractivity contribution in [1.29, 1.82) is 0 Å². The van der Waals surface area contributed by atoms with Gasteiger partial charge in [0, 0.05) is 12.1 Å². The number of amides is 3. The lowest BCUT2D eigenvalue weighted by Gasteiger charge is -2.12. The Balaban J connectivity index is 2.64. The van der Waals surface area contributed by atoms with Gasteiger partial charge in [0.05, 0.1) is 4.92 Å². The van der Waals surface area contributed by atoms with E-state index in [0.717, 1.165) is 0 Å². The fraction of sp³-hybridized carbons (Fsp3) is 0.200. The highest BCUT2D eigenvalue weighted by Crippen LogP contribution is 2.18. The maximum absolute atomic E-state index is 11.3. The van der Waals surface area contributed by atoms with Crippen molar-refractivity contribution in [1.82, 2.24) is 5.32 Å². The first-order valence-corrected chi connectivity index (χ1v) is 4.91. The summed E-state index contributed by atoms with van der Waals surface area (Å²) >= 11 is 0. The molecule has 1 atom stereocenters. The third kappa shape index (κ3) is 3.74. The lowest BCUT2D eigenvalue weighted by Crippen LogP contribution is -2.42. The number of non-ortho nitro benzene ring substituents is 1. The predicted octanol–water partition coefficient (Wildman–Crippen LogP) is 0.557. The van der Waals surface area contributed by atoms with Crippen molar-refractivity contribution in [2.75, 3.05) is 0 Å². The zero-order valence-electron chi connectivity index (χ0n) is 9.45. The Bertz CT molecular complexity index is 471. The molecule has 1 aromatic rings. The largest absolute Gasteiger partial charge is 0.481 e. The highest BCUT2D eigenvalue weighted by molar-refractivity contribution is 5.95. The summed E-state index contributed by atoms with van der Waals surface area (Å²) in [6.45, 7) is 1.42. The molecule has 0 saturated carbocycles. The SMILES string of the molecule is C[C@H](Oc1ccc([N+](=O)[O-])cc1)C(=O)NC(N)=O. The molecule has 1 aromatic carbocycles. The Morgan fingerprint density at radius 3 is 2.39 bits per heavy atom. The van der Waals surface area contributed by atoms with Crippen LogP contribution < -0.4 is 15.8 Å². The van der Waals surface area contributed by atoms with Crippen LogP contribution >= 0.6 is 0 Å². The number of primary amides is 1. The molecule has 0 heterocycles. The summed E-state index contributed by atoms with van der Waals surface area (Å²) < 4.78 is 5.17. The van der Waals surface area contributed by atoms with Gasteiger partial charge >= 0.3 is 6.03 Å². The number of nitrogens with zero attached hydrogens (tertiary/aromatic N) is 1. The molecule has 0 radical (unpaired) electrons. The van der Waals surface area contributed by atoms with E-state index in [0.29, 0.717) is 0 Å². The van der Waals surface area contributed by atoms with Crippen molar-refractivity contribution in [3.63, 3.8) is 0 Å². The van der Waals surface area contributed by atoms with Crippen LogP contribution in [-0.2, 0) is 4.79 Å². The predicted molar refractivity (Wildman–Crippen MR) is 60.9 cm³/mol. The summed E-state index contributed by atoms with van der Waals surface area (Å²) in [5.41, 5.74) is 4.69. The molecule has 8 nitrogen and oxygen atoms in total. The quantitative estimate of drug-likeness (QED) is 0.599. The maximum Gasteiger partial charge on any atom is 0.318 e. The number of carbonyl (C=O) groups excluding carboxylic acids is 2. The molecular formula is C10H11N3O5. The molecule has 0 aliphatic carbocycles. The van der Waals surface area contributed by atoms with E-state index in [-0.39, 0.29) is 11.4 Å². The molecule has 0 bridgehead atoms. The van der Waals surface area contributed by atoms with Crippen molar-refractivity contribution >= 4 is 17.6 Å². The monoisotopic (exact) mass is 253 g/mol. The first-order valence-electron chi connectivity index (χ1n) is 4.91. The number of carbonyl (C=O) groups is 2. The van der Waals surface area contributed by atoms with E-state index in [1.54, 1.807) is 0 Å². The van der Waals surface area contributed by atoms with Gasteiger partial charge in [-0.15, -0.1) is 0 Å². The number of nitrogens with two attached hydrogens (primary N) is 1. The number of rotatable bonds is 4. The number of ether oxygens (including phenoxy) is 1. The van der Waals surface area contributed by atoms with Crippen LogP contribution in [0.15, 0.2) is 24.3 Å². The van der Waals surface area contributed by atoms with E-state index in [4.69, 9.17) is 10.5 Å². The second kappa shape index (κ2) is 5.62. The number of hydrogen-bond donors (Lipinski definition) is 2. The van der Waals surface area contributed by atoms with Crippen LogP contribution in [0.1, 0.15) is 6.92 Å². The van der Waals surface area contributed by atoms with E-state index in [1.807, 2.05) is 5.32 Å². The summed E-state index contributed by atoms with van der Waals surface area (Å²) in [4.78, 5) is 31.6. The average Bonchev–Trinajstić information content (AvgIpc) is 2.28. The maximum atomic E-state index is 11.3. The molecule has 0 aromatic heterocycles. The first kappa shape index (κ1) is 13.4. The Morgan fingerprint density at radius 2 is 1.94 bits per heavy atom. The summed E-state index contributed by atoms with van der Waals surface area (Å²) in [5.74, 6) is -0.423. The summed E-state index contributed by atoms with van der Waals surface area (Å²) in [7, 11) is 0. The molecule has 96 valence electrons. The van der Waals surface area contributed by atoms with E-state index in [2.05, 4.69) is 0 Å². The second-order valence-corrected chi connectivity index (χ2v) is 3.36. The molecule has 8 heteroatoms. The molecule has 0 saturated heterocycles. The number of nitrogens with one attached hydrogen (secondary N) is 1. The van der Waals surface area contributed by atoms with Crippen LogP contribution in [0.3, 0.4) is 0 Å². The van der Waals surface area contributed by atoms with Crippen molar-refractivity contribution in [3.05, 3.63) is 34.4 Å². The molecule has 0 fully saturated rings. The van der Waals surface area contributed by atoms with E-state index < -0.39 is 23.0 Å². The molecular weight excluding hydrogens is 242 g/mol. The van der Waals surface area contributed by atoms with Gasteiger partial charge in [0.1, 0.15) is 5.75 Å². The third-order valence-corrected chi connectivity index (χ3v) is 1.98. The normalized spacial score (nSPS) is 11.4. The highest BCUT2D eigenvalue weighted by Gasteiger charge is 2.16. The fourth-order valence-corrected chi connectivity index (χ4v) is 1.13. The van der Waals surface area contributed by atoms with Gasteiger partial charge in [-0.2, -0.15) is 0 Å². The highest BCUT2D eigenvalue weighted by atomic mass is 16.6. The Hall–Kier alpha value is -2.64. The molecule has 0 unspecified atom stereocenters. The number of benzene rings is 1. The summed E-state index contributed by atoms with van der Waals surface area (Å²) in [6, 6.07) is 4.22. The van der Waals surface area contributed by atoms with Gasteiger partial charge in [0.15, 0.2) is 6.10 Å². The van der Waals surface area contributed by atoms with E-state index in [9.17, 15) is 19.7 Å². The fourth-order valence-electron chi connectivity index (χ4n) is 1.13. The zero-order chi connectivity index (χ0) is 13.7. The van der Waals surface area contributed by atoms with E-state index >= 15 is 0 Å². The van der Waals surface area contributed by atoms with Crippen LogP contribution in [0, 0.1) is 10.1 Å². The average molecular weight is 253 g/mol. The topological polar surface area (TPSA) is 125 Å². The Morgan fingerprint density at radius 1 is 1.39 bits per heavy atom. The van der Waals surface area contributed by atoms with Crippen LogP contribution in [0.25, 0.3) is 0 Å². The number of nitro groups is 1. The molecule has 3 amide bonds. The number of nitro benzene ring substituents is 1. The lowest BCUT2D eigenvalue weighted by atomic mass is 10.3. The van der Waals surface area contributed by atoms with Gasteiger partial charge in [0.25, 0.3) is 11.6 Å². The van der Waals surface area contributed by atoms with Crippen LogP contribution in [0.5, 0.6) is 5.75 Å². The number of hydrogen-bond acceptors (Lipinski definition) is 5. The summed E-state index contributed by atoms with van der Waals surface area (Å²) in [6.07, 6.45) is -0.945. The molecule has 3 N–H and O–H groups in total. The Labute approximate surface area is 102 Å². The number of urea groups is 1. The van der Waals surface area contributed by atoms with Crippen molar-refractivity contribution in [3.8, 4) is 5.75 Å². The minimum atomic E-state index is -0.973. The Kier molecular flexibility index (Phi) is 4.19. The minimum absolute atomic E-state index is 0.0865. The molecule has 0 aliphatic heterocycles. The van der Waals surface area contributed by atoms with E-state index in [1.165, 1.54) is 31.2 Å². The van der Waals surface area contributed by atoms with Gasteiger partial charge in [-0.3, -0.25) is 20.2 Å². The standard InChI is InChI=1S/C10H11N3O5/c1-6(9(14)12-10(11)15)18-8-4-2-7(3-5-8)13(16)17/h2-6H,1H3,(H3,11,12,14,15)/t6-/m0/s1. The molecule has 0 spiro atoms. The van der Waals surface area contributed by atoms with Gasteiger partial charge in [-0.05, 0) is 19.1 Å². The van der Waals surface area contributed by atoms with Crippen LogP contribution in [0.4, 0.5) is 10.5 Å². The van der Waals surface area contributed by atoms with Crippen LogP contribution in [-0.4, -0.2) is 23.0 Å². The third-order valence-electron chi connectivity index (χ3n) is 1.98.